The molecule has 10 nitrogen and oxygen atoms in total. The summed E-state index contributed by atoms with van der Waals surface area (Å²) in [5, 5.41) is 19.4. The summed E-state index contributed by atoms with van der Waals surface area (Å²) in [5.74, 6) is -1.71. The minimum absolute atomic E-state index is 0.00588. The molecular formula is C31H48N4O6. The first-order valence-electron chi connectivity index (χ1n) is 14.2. The number of rotatable bonds is 11. The molecule has 0 radical (unpaired) electrons. The molecular weight excluding hydrogens is 524 g/mol. The van der Waals surface area contributed by atoms with Crippen LogP contribution in [0.4, 0.5) is 5.69 Å². The van der Waals surface area contributed by atoms with E-state index in [4.69, 9.17) is 27.4 Å². The van der Waals surface area contributed by atoms with E-state index in [1.54, 1.807) is 36.4 Å². The van der Waals surface area contributed by atoms with Crippen LogP contribution in [0.25, 0.3) is 0 Å². The molecule has 1 atom stereocenters. The van der Waals surface area contributed by atoms with Crippen LogP contribution in [-0.2, 0) is 20.8 Å². The van der Waals surface area contributed by atoms with Gasteiger partial charge in [0.15, 0.2) is 0 Å². The number of aldehydes is 1. The molecule has 1 saturated carbocycles. The summed E-state index contributed by atoms with van der Waals surface area (Å²) in [6.07, 6.45) is 11.1. The minimum atomic E-state index is -0.933. The summed E-state index contributed by atoms with van der Waals surface area (Å²) in [7, 11) is 0. The Morgan fingerprint density at radius 2 is 1.59 bits per heavy atom. The first-order chi connectivity index (χ1) is 19.6. The van der Waals surface area contributed by atoms with E-state index in [-0.39, 0.29) is 12.3 Å². The van der Waals surface area contributed by atoms with E-state index in [2.05, 4.69) is 5.32 Å². The predicted octanol–water partition coefficient (Wildman–Crippen LogP) is 4.36. The molecule has 0 unspecified atom stereocenters. The van der Waals surface area contributed by atoms with Gasteiger partial charge in [-0.05, 0) is 68.5 Å². The number of carboxylic acids is 2. The number of anilines is 1. The molecule has 0 heterocycles. The normalized spacial score (nSPS) is 13.0. The van der Waals surface area contributed by atoms with Gasteiger partial charge >= 0.3 is 11.9 Å². The summed E-state index contributed by atoms with van der Waals surface area (Å²) in [6, 6.07) is 15.7. The number of hydrogen-bond donors (Lipinski definition) is 6. The Labute approximate surface area is 243 Å². The van der Waals surface area contributed by atoms with Gasteiger partial charge in [0.05, 0.1) is 6.42 Å². The maximum Gasteiger partial charge on any atom is 0.320 e. The molecule has 2 aromatic carbocycles. The summed E-state index contributed by atoms with van der Waals surface area (Å²) < 4.78 is 0. The summed E-state index contributed by atoms with van der Waals surface area (Å²) >= 11 is 0. The van der Waals surface area contributed by atoms with Gasteiger partial charge < -0.3 is 32.7 Å². The van der Waals surface area contributed by atoms with E-state index in [0.717, 1.165) is 36.8 Å². The molecule has 10 heteroatoms. The lowest BCUT2D eigenvalue weighted by molar-refractivity contribution is -0.139. The number of hydrogen-bond acceptors (Lipinski definition) is 7. The van der Waals surface area contributed by atoms with Gasteiger partial charge in [-0.2, -0.15) is 0 Å². The average Bonchev–Trinajstić information content (AvgIpc) is 2.95. The largest absolute Gasteiger partial charge is 0.481 e. The van der Waals surface area contributed by atoms with Crippen LogP contribution in [0.2, 0.25) is 0 Å². The molecule has 0 aliphatic heterocycles. The van der Waals surface area contributed by atoms with Crippen molar-refractivity contribution in [2.45, 2.75) is 89.6 Å². The van der Waals surface area contributed by atoms with Crippen molar-refractivity contribution in [1.29, 1.82) is 0 Å². The van der Waals surface area contributed by atoms with E-state index in [0.29, 0.717) is 31.0 Å². The molecule has 0 bridgehead atoms. The zero-order valence-corrected chi connectivity index (χ0v) is 24.2. The molecule has 0 spiro atoms. The fraction of sp³-hybridized carbons (Fsp3) is 0.484. The van der Waals surface area contributed by atoms with Crippen molar-refractivity contribution in [2.75, 3.05) is 11.9 Å². The van der Waals surface area contributed by atoms with Gasteiger partial charge in [-0.15, -0.1) is 0 Å². The molecule has 1 aliphatic rings. The van der Waals surface area contributed by atoms with E-state index < -0.39 is 18.0 Å². The lowest BCUT2D eigenvalue weighted by Gasteiger charge is -2.15. The number of nitrogens with one attached hydrogen (secondary N) is 1. The Morgan fingerprint density at radius 1 is 0.976 bits per heavy atom. The SMILES string of the molecule is CCCC(=O)Nc1ccc(C=O)cc1.NC1CCCCC1.NCCCC[C@H](N)C(=O)O.O=C(O)Cc1ccccc1. The van der Waals surface area contributed by atoms with Crippen LogP contribution in [-0.4, -0.2) is 53.0 Å². The molecule has 1 aliphatic carbocycles. The van der Waals surface area contributed by atoms with Gasteiger partial charge in [0.25, 0.3) is 0 Å². The predicted molar refractivity (Wildman–Crippen MR) is 163 cm³/mol. The Kier molecular flexibility index (Phi) is 22.1. The Bertz CT molecular complexity index is 980. The van der Waals surface area contributed by atoms with Crippen LogP contribution in [0.15, 0.2) is 54.6 Å². The third kappa shape index (κ3) is 21.9. The topological polar surface area (TPSA) is 199 Å². The highest BCUT2D eigenvalue weighted by atomic mass is 16.4. The molecule has 228 valence electrons. The number of nitrogens with two attached hydrogens (primary N) is 3. The van der Waals surface area contributed by atoms with Crippen LogP contribution in [0.3, 0.4) is 0 Å². The van der Waals surface area contributed by atoms with Crippen molar-refractivity contribution in [3.8, 4) is 0 Å². The number of carbonyl (C=O) groups excluding carboxylic acids is 2. The zero-order valence-electron chi connectivity index (χ0n) is 24.2. The highest BCUT2D eigenvalue weighted by Gasteiger charge is 2.09. The quantitative estimate of drug-likeness (QED) is 0.167. The van der Waals surface area contributed by atoms with Crippen molar-refractivity contribution in [3.05, 3.63) is 65.7 Å². The minimum Gasteiger partial charge on any atom is -0.481 e. The molecule has 0 saturated heterocycles. The molecule has 1 fully saturated rings. The van der Waals surface area contributed by atoms with Crippen LogP contribution < -0.4 is 22.5 Å². The second-order valence-corrected chi connectivity index (χ2v) is 9.72. The number of unbranched alkanes of at least 4 members (excludes halogenated alkanes) is 1. The van der Waals surface area contributed by atoms with Gasteiger partial charge in [-0.25, -0.2) is 0 Å². The maximum atomic E-state index is 11.2. The van der Waals surface area contributed by atoms with Crippen molar-refractivity contribution in [1.82, 2.24) is 0 Å². The van der Waals surface area contributed by atoms with Crippen LogP contribution in [0.5, 0.6) is 0 Å². The molecule has 41 heavy (non-hydrogen) atoms. The van der Waals surface area contributed by atoms with E-state index in [9.17, 15) is 19.2 Å². The van der Waals surface area contributed by atoms with Crippen molar-refractivity contribution < 1.29 is 29.4 Å². The van der Waals surface area contributed by atoms with E-state index >= 15 is 0 Å². The van der Waals surface area contributed by atoms with Gasteiger partial charge in [-0.3, -0.25) is 19.2 Å². The van der Waals surface area contributed by atoms with E-state index in [1.807, 2.05) is 25.1 Å². The molecule has 0 aromatic heterocycles. The van der Waals surface area contributed by atoms with Crippen molar-refractivity contribution in [2.24, 2.45) is 17.2 Å². The highest BCUT2D eigenvalue weighted by Crippen LogP contribution is 2.14. The Hall–Kier alpha value is -3.60. The second-order valence-electron chi connectivity index (χ2n) is 9.72. The summed E-state index contributed by atoms with van der Waals surface area (Å²) in [4.78, 5) is 41.8. The fourth-order valence-corrected chi connectivity index (χ4v) is 3.63. The average molecular weight is 573 g/mol. The summed E-state index contributed by atoms with van der Waals surface area (Å²) in [6.45, 7) is 2.56. The third-order valence-electron chi connectivity index (χ3n) is 5.94. The summed E-state index contributed by atoms with van der Waals surface area (Å²) in [5.41, 5.74) is 18.2. The van der Waals surface area contributed by atoms with Gasteiger partial charge in [0, 0.05) is 23.7 Å². The van der Waals surface area contributed by atoms with Gasteiger partial charge in [0.1, 0.15) is 12.3 Å². The monoisotopic (exact) mass is 572 g/mol. The molecule has 3 rings (SSSR count). The van der Waals surface area contributed by atoms with Crippen LogP contribution >= 0.6 is 0 Å². The Balaban J connectivity index is 0.000000535. The molecule has 9 N–H and O–H groups in total. The number of carboxylic acid groups (broad SMARTS) is 2. The van der Waals surface area contributed by atoms with Crippen molar-refractivity contribution >= 4 is 29.8 Å². The first kappa shape index (κ1) is 37.4. The second kappa shape index (κ2) is 24.2. The maximum absolute atomic E-state index is 11.2. The third-order valence-corrected chi connectivity index (χ3v) is 5.94. The number of benzene rings is 2. The number of amides is 1. The smallest absolute Gasteiger partial charge is 0.320 e. The lowest BCUT2D eigenvalue weighted by atomic mass is 9.97. The Morgan fingerprint density at radius 3 is 2.02 bits per heavy atom. The highest BCUT2D eigenvalue weighted by molar-refractivity contribution is 5.91. The van der Waals surface area contributed by atoms with Crippen LogP contribution in [0, 0.1) is 0 Å². The van der Waals surface area contributed by atoms with Gasteiger partial charge in [0.2, 0.25) is 5.91 Å². The fourth-order valence-electron chi connectivity index (χ4n) is 3.63. The molecule has 2 aromatic rings. The number of carbonyl (C=O) groups is 4. The standard InChI is InChI=1S/C11H13NO2.C8H8O2.C6H14N2O2.C6H13N/c1-2-3-11(14)12-10-6-4-9(8-13)5-7-10;9-8(10)6-7-4-2-1-3-5-7;7-4-2-1-3-5(8)6(9)10;7-6-4-2-1-3-5-6/h4-8H,2-3H2,1H3,(H,12,14);1-5H,6H2,(H,9,10);5H,1-4,7-8H2,(H,9,10);6H,1-5,7H2/t;;5-;/m..0./s1. The first-order valence-corrected chi connectivity index (χ1v) is 14.2. The lowest BCUT2D eigenvalue weighted by Crippen LogP contribution is -2.29. The van der Waals surface area contributed by atoms with Crippen LogP contribution in [0.1, 0.15) is 87.1 Å². The molecule has 1 amide bonds. The number of aliphatic carboxylic acids is 2. The van der Waals surface area contributed by atoms with Crippen molar-refractivity contribution in [3.63, 3.8) is 0 Å². The van der Waals surface area contributed by atoms with Gasteiger partial charge in [-0.1, -0.05) is 62.9 Å². The van der Waals surface area contributed by atoms with E-state index in [1.165, 1.54) is 32.1 Å². The zero-order chi connectivity index (χ0) is 30.9.